The molecular weight excluding hydrogens is 375 g/mol. The minimum absolute atomic E-state index is 0.0190. The molecular formula is C15H14Cl2N2O4S. The average molecular weight is 389 g/mol. The van der Waals surface area contributed by atoms with Crippen LogP contribution in [0, 0.1) is 0 Å². The van der Waals surface area contributed by atoms with E-state index in [-0.39, 0.29) is 9.92 Å². The van der Waals surface area contributed by atoms with Crippen LogP contribution in [-0.4, -0.2) is 28.9 Å². The second kappa shape index (κ2) is 7.74. The van der Waals surface area contributed by atoms with Crippen molar-refractivity contribution in [2.75, 3.05) is 14.2 Å². The molecule has 0 aliphatic rings. The van der Waals surface area contributed by atoms with Crippen molar-refractivity contribution in [3.05, 3.63) is 52.0 Å². The molecule has 6 nitrogen and oxygen atoms in total. The second-order valence-electron chi connectivity index (χ2n) is 4.51. The highest BCUT2D eigenvalue weighted by Gasteiger charge is 2.16. The van der Waals surface area contributed by atoms with Crippen molar-refractivity contribution in [2.45, 2.75) is 4.90 Å². The molecule has 0 bridgehead atoms. The van der Waals surface area contributed by atoms with E-state index in [2.05, 4.69) is 9.93 Å². The van der Waals surface area contributed by atoms with E-state index < -0.39 is 10.0 Å². The topological polar surface area (TPSA) is 77.0 Å². The van der Waals surface area contributed by atoms with Crippen molar-refractivity contribution in [1.82, 2.24) is 4.83 Å². The van der Waals surface area contributed by atoms with Gasteiger partial charge in [-0.1, -0.05) is 35.3 Å². The molecule has 0 aromatic heterocycles. The maximum absolute atomic E-state index is 12.3. The van der Waals surface area contributed by atoms with Crippen LogP contribution in [0.15, 0.2) is 46.4 Å². The minimum atomic E-state index is -3.87. The van der Waals surface area contributed by atoms with Crippen LogP contribution in [0.2, 0.25) is 10.0 Å². The lowest BCUT2D eigenvalue weighted by Gasteiger charge is -2.09. The number of halogens is 2. The van der Waals surface area contributed by atoms with Crippen molar-refractivity contribution in [3.63, 3.8) is 0 Å². The fourth-order valence-electron chi connectivity index (χ4n) is 1.82. The molecule has 0 saturated carbocycles. The Bertz CT molecular complexity index is 870. The number of hydrogen-bond donors (Lipinski definition) is 1. The number of benzene rings is 2. The van der Waals surface area contributed by atoms with Gasteiger partial charge in [0.2, 0.25) is 0 Å². The van der Waals surface area contributed by atoms with E-state index >= 15 is 0 Å². The van der Waals surface area contributed by atoms with Gasteiger partial charge < -0.3 is 9.47 Å². The summed E-state index contributed by atoms with van der Waals surface area (Å²) in [6, 6.07) is 9.16. The second-order valence-corrected chi connectivity index (χ2v) is 6.96. The molecule has 0 aliphatic heterocycles. The molecule has 1 N–H and O–H groups in total. The number of nitrogens with one attached hydrogen (secondary N) is 1. The van der Waals surface area contributed by atoms with Crippen LogP contribution in [0.4, 0.5) is 0 Å². The van der Waals surface area contributed by atoms with Crippen LogP contribution in [0.1, 0.15) is 5.56 Å². The van der Waals surface area contributed by atoms with Gasteiger partial charge in [-0.15, -0.1) is 0 Å². The average Bonchev–Trinajstić information content (AvgIpc) is 2.57. The van der Waals surface area contributed by atoms with Gasteiger partial charge in [0.15, 0.2) is 11.5 Å². The molecule has 0 unspecified atom stereocenters. The van der Waals surface area contributed by atoms with Gasteiger partial charge >= 0.3 is 0 Å². The molecule has 0 amide bonds. The molecule has 2 rings (SSSR count). The number of rotatable bonds is 6. The maximum Gasteiger partial charge on any atom is 0.276 e. The number of ether oxygens (including phenoxy) is 2. The summed E-state index contributed by atoms with van der Waals surface area (Å²) in [5.74, 6) is 0.716. The van der Waals surface area contributed by atoms with Crippen LogP contribution in [-0.2, 0) is 10.0 Å². The van der Waals surface area contributed by atoms with Gasteiger partial charge in [0.05, 0.1) is 35.4 Å². The third-order valence-electron chi connectivity index (χ3n) is 3.02. The first kappa shape index (κ1) is 18.4. The quantitative estimate of drug-likeness (QED) is 0.608. The summed E-state index contributed by atoms with van der Waals surface area (Å²) in [5, 5.41) is 4.35. The molecule has 0 heterocycles. The van der Waals surface area contributed by atoms with Gasteiger partial charge in [-0.05, 0) is 18.2 Å². The Kier molecular flexibility index (Phi) is 5.93. The zero-order valence-electron chi connectivity index (χ0n) is 12.8. The Balaban J connectivity index is 2.22. The third kappa shape index (κ3) is 4.11. The molecule has 2 aromatic carbocycles. The SMILES string of the molecule is COc1ccc(S(=O)(=O)N/N=C/c2cccc(Cl)c2Cl)cc1OC. The Hall–Kier alpha value is -1.96. The number of nitrogens with zero attached hydrogens (tertiary/aromatic N) is 1. The summed E-state index contributed by atoms with van der Waals surface area (Å²) in [6.07, 6.45) is 1.27. The molecule has 0 fully saturated rings. The van der Waals surface area contributed by atoms with E-state index in [0.717, 1.165) is 0 Å². The molecule has 0 spiro atoms. The van der Waals surface area contributed by atoms with Gasteiger partial charge in [0.25, 0.3) is 10.0 Å². The van der Waals surface area contributed by atoms with Crippen molar-refractivity contribution < 1.29 is 17.9 Å². The lowest BCUT2D eigenvalue weighted by molar-refractivity contribution is 0.354. The molecule has 0 radical (unpaired) electrons. The largest absolute Gasteiger partial charge is 0.493 e. The lowest BCUT2D eigenvalue weighted by atomic mass is 10.2. The van der Waals surface area contributed by atoms with Crippen molar-refractivity contribution in [3.8, 4) is 11.5 Å². The summed E-state index contributed by atoms with van der Waals surface area (Å²) in [4.78, 5) is 2.08. The van der Waals surface area contributed by atoms with Crippen LogP contribution in [0.3, 0.4) is 0 Å². The number of methoxy groups -OCH3 is 2. The highest BCUT2D eigenvalue weighted by Crippen LogP contribution is 2.29. The van der Waals surface area contributed by atoms with Crippen LogP contribution in [0.5, 0.6) is 11.5 Å². The molecule has 0 atom stereocenters. The predicted octanol–water partition coefficient (Wildman–Crippen LogP) is 3.32. The number of sulfonamides is 1. The predicted molar refractivity (Wildman–Crippen MR) is 93.9 cm³/mol. The first-order valence-electron chi connectivity index (χ1n) is 6.60. The standard InChI is InChI=1S/C15H14Cl2N2O4S/c1-22-13-7-6-11(8-14(13)23-2)24(20,21)19-18-9-10-4-3-5-12(16)15(10)17/h3-9,19H,1-2H3/b18-9+. The molecule has 2 aromatic rings. The Labute approximate surface area is 150 Å². The summed E-state index contributed by atoms with van der Waals surface area (Å²) >= 11 is 11.9. The fraction of sp³-hybridized carbons (Fsp3) is 0.133. The van der Waals surface area contributed by atoms with Crippen LogP contribution >= 0.6 is 23.2 Å². The highest BCUT2D eigenvalue weighted by atomic mass is 35.5. The first-order valence-corrected chi connectivity index (χ1v) is 8.84. The fourth-order valence-corrected chi connectivity index (χ4v) is 2.98. The van der Waals surface area contributed by atoms with Crippen molar-refractivity contribution in [2.24, 2.45) is 5.10 Å². The van der Waals surface area contributed by atoms with E-state index in [9.17, 15) is 8.42 Å². The van der Waals surface area contributed by atoms with Gasteiger partial charge in [-0.25, -0.2) is 4.83 Å². The Morgan fingerprint density at radius 2 is 1.79 bits per heavy atom. The smallest absolute Gasteiger partial charge is 0.276 e. The molecule has 9 heteroatoms. The zero-order chi connectivity index (χ0) is 17.7. The number of hydrogen-bond acceptors (Lipinski definition) is 5. The first-order chi connectivity index (χ1) is 11.4. The highest BCUT2D eigenvalue weighted by molar-refractivity contribution is 7.89. The lowest BCUT2D eigenvalue weighted by Crippen LogP contribution is -2.18. The van der Waals surface area contributed by atoms with Gasteiger partial charge in [0.1, 0.15) is 0 Å². The van der Waals surface area contributed by atoms with E-state index in [1.54, 1.807) is 18.2 Å². The molecule has 24 heavy (non-hydrogen) atoms. The normalized spacial score (nSPS) is 11.5. The van der Waals surface area contributed by atoms with E-state index in [1.807, 2.05) is 0 Å². The van der Waals surface area contributed by atoms with Crippen molar-refractivity contribution >= 4 is 39.4 Å². The summed E-state index contributed by atoms with van der Waals surface area (Å²) in [5.41, 5.74) is 0.485. The summed E-state index contributed by atoms with van der Waals surface area (Å²) in [6.45, 7) is 0. The maximum atomic E-state index is 12.3. The van der Waals surface area contributed by atoms with Gasteiger partial charge in [-0.2, -0.15) is 13.5 Å². The molecule has 0 saturated heterocycles. The minimum Gasteiger partial charge on any atom is -0.493 e. The molecule has 0 aliphatic carbocycles. The van der Waals surface area contributed by atoms with Crippen LogP contribution in [0.25, 0.3) is 0 Å². The number of hydrazone groups is 1. The van der Waals surface area contributed by atoms with E-state index in [0.29, 0.717) is 22.1 Å². The van der Waals surface area contributed by atoms with Gasteiger partial charge in [0, 0.05) is 11.6 Å². The van der Waals surface area contributed by atoms with Crippen LogP contribution < -0.4 is 14.3 Å². The third-order valence-corrected chi connectivity index (χ3v) is 5.08. The monoisotopic (exact) mass is 388 g/mol. The van der Waals surface area contributed by atoms with Crippen molar-refractivity contribution in [1.29, 1.82) is 0 Å². The Morgan fingerprint density at radius 1 is 1.08 bits per heavy atom. The zero-order valence-corrected chi connectivity index (χ0v) is 15.1. The van der Waals surface area contributed by atoms with E-state index in [1.165, 1.54) is 38.6 Å². The van der Waals surface area contributed by atoms with E-state index in [4.69, 9.17) is 32.7 Å². The molecule has 128 valence electrons. The summed E-state index contributed by atoms with van der Waals surface area (Å²) < 4.78 is 34.7. The Morgan fingerprint density at radius 3 is 2.46 bits per heavy atom. The summed E-state index contributed by atoms with van der Waals surface area (Å²) in [7, 11) is -0.991. The van der Waals surface area contributed by atoms with Gasteiger partial charge in [-0.3, -0.25) is 0 Å².